The van der Waals surface area contributed by atoms with E-state index in [2.05, 4.69) is 4.90 Å². The van der Waals surface area contributed by atoms with E-state index in [0.29, 0.717) is 25.1 Å². The number of halogens is 1. The molecule has 0 spiro atoms. The first-order chi connectivity index (χ1) is 9.58. The number of rotatable bonds is 2. The fourth-order valence-electron chi connectivity index (χ4n) is 3.30. The number of hydrogen-bond acceptors (Lipinski definition) is 3. The van der Waals surface area contributed by atoms with Crippen LogP contribution in [0.3, 0.4) is 0 Å². The van der Waals surface area contributed by atoms with Crippen molar-refractivity contribution in [2.24, 2.45) is 0 Å². The van der Waals surface area contributed by atoms with E-state index in [0.717, 1.165) is 18.7 Å². The maximum atomic E-state index is 13.9. The molecule has 4 nitrogen and oxygen atoms in total. The number of benzene rings is 1. The van der Waals surface area contributed by atoms with Gasteiger partial charge in [0.2, 0.25) is 5.91 Å². The highest BCUT2D eigenvalue weighted by Crippen LogP contribution is 2.32. The average Bonchev–Trinajstić information content (AvgIpc) is 2.79. The summed E-state index contributed by atoms with van der Waals surface area (Å²) in [5.74, 6) is -0.146. The Morgan fingerprint density at radius 1 is 1.40 bits per heavy atom. The molecule has 2 heterocycles. The molecule has 2 saturated heterocycles. The fraction of sp³-hybridized carbons (Fsp3) is 0.533. The molecule has 1 N–H and O–H groups in total. The van der Waals surface area contributed by atoms with Gasteiger partial charge in [0.05, 0.1) is 6.10 Å². The van der Waals surface area contributed by atoms with Gasteiger partial charge in [0, 0.05) is 43.3 Å². The molecule has 3 rings (SSSR count). The van der Waals surface area contributed by atoms with Crippen molar-refractivity contribution < 1.29 is 14.3 Å². The molecule has 20 heavy (non-hydrogen) atoms. The van der Waals surface area contributed by atoms with Crippen LogP contribution in [0.5, 0.6) is 0 Å². The lowest BCUT2D eigenvalue weighted by molar-refractivity contribution is -0.129. The van der Waals surface area contributed by atoms with Crippen molar-refractivity contribution in [3.05, 3.63) is 29.6 Å². The molecule has 2 atom stereocenters. The second-order valence-electron chi connectivity index (χ2n) is 5.57. The first kappa shape index (κ1) is 13.4. The van der Waals surface area contributed by atoms with Crippen molar-refractivity contribution in [3.63, 3.8) is 0 Å². The van der Waals surface area contributed by atoms with Crippen molar-refractivity contribution in [1.29, 1.82) is 0 Å². The van der Waals surface area contributed by atoms with Gasteiger partial charge >= 0.3 is 0 Å². The number of hydrogen-bond donors (Lipinski definition) is 1. The number of amides is 1. The minimum atomic E-state index is -0.838. The number of aliphatic hydroxyl groups is 1. The maximum absolute atomic E-state index is 13.9. The highest BCUT2D eigenvalue weighted by Gasteiger charge is 2.36. The fourth-order valence-corrected chi connectivity index (χ4v) is 3.30. The van der Waals surface area contributed by atoms with E-state index in [1.165, 1.54) is 6.07 Å². The summed E-state index contributed by atoms with van der Waals surface area (Å²) in [5, 5.41) is 9.81. The quantitative estimate of drug-likeness (QED) is 0.895. The van der Waals surface area contributed by atoms with Gasteiger partial charge in [-0.25, -0.2) is 4.39 Å². The Labute approximate surface area is 117 Å². The van der Waals surface area contributed by atoms with Gasteiger partial charge in [0.1, 0.15) is 5.82 Å². The van der Waals surface area contributed by atoms with Gasteiger partial charge in [-0.2, -0.15) is 0 Å². The second-order valence-corrected chi connectivity index (χ2v) is 5.57. The van der Waals surface area contributed by atoms with Crippen LogP contribution in [0.2, 0.25) is 0 Å². The lowest BCUT2D eigenvalue weighted by Crippen LogP contribution is -2.51. The molecule has 108 valence electrons. The second kappa shape index (κ2) is 5.05. The normalized spacial score (nSPS) is 23.9. The van der Waals surface area contributed by atoms with E-state index >= 15 is 0 Å². The zero-order chi connectivity index (χ0) is 14.3. The SMILES string of the molecule is CC(O)c1c(F)cccc1N1CCN2C(=O)CCC2C1. The van der Waals surface area contributed by atoms with Gasteiger partial charge in [-0.05, 0) is 25.5 Å². The Bertz CT molecular complexity index is 533. The van der Waals surface area contributed by atoms with Crippen molar-refractivity contribution in [2.45, 2.75) is 31.9 Å². The van der Waals surface area contributed by atoms with Gasteiger partial charge in [-0.1, -0.05) is 6.07 Å². The number of aliphatic hydroxyl groups excluding tert-OH is 1. The van der Waals surface area contributed by atoms with Crippen molar-refractivity contribution in [3.8, 4) is 0 Å². The van der Waals surface area contributed by atoms with Crippen LogP contribution in [0.1, 0.15) is 31.4 Å². The summed E-state index contributed by atoms with van der Waals surface area (Å²) >= 11 is 0. The Kier molecular flexibility index (Phi) is 3.38. The van der Waals surface area contributed by atoms with Crippen LogP contribution in [0.4, 0.5) is 10.1 Å². The third kappa shape index (κ3) is 2.16. The molecule has 2 aliphatic rings. The summed E-state index contributed by atoms with van der Waals surface area (Å²) in [6, 6.07) is 5.11. The number of fused-ring (bicyclic) bond motifs is 1. The predicted molar refractivity (Wildman–Crippen MR) is 74.0 cm³/mol. The third-order valence-electron chi connectivity index (χ3n) is 4.28. The first-order valence-corrected chi connectivity index (χ1v) is 7.09. The molecule has 2 aliphatic heterocycles. The summed E-state index contributed by atoms with van der Waals surface area (Å²) in [7, 11) is 0. The molecule has 2 fully saturated rings. The molecule has 0 saturated carbocycles. The third-order valence-corrected chi connectivity index (χ3v) is 4.28. The molecule has 2 unspecified atom stereocenters. The molecule has 5 heteroatoms. The number of piperazine rings is 1. The monoisotopic (exact) mass is 278 g/mol. The highest BCUT2D eigenvalue weighted by molar-refractivity contribution is 5.79. The summed E-state index contributed by atoms with van der Waals surface area (Å²) < 4.78 is 13.9. The van der Waals surface area contributed by atoms with Crippen LogP contribution in [-0.2, 0) is 4.79 Å². The lowest BCUT2D eigenvalue weighted by Gasteiger charge is -2.39. The van der Waals surface area contributed by atoms with E-state index in [9.17, 15) is 14.3 Å². The largest absolute Gasteiger partial charge is 0.389 e. The number of carbonyl (C=O) groups excluding carboxylic acids is 1. The predicted octanol–water partition coefficient (Wildman–Crippen LogP) is 1.69. The van der Waals surface area contributed by atoms with Gasteiger partial charge in [0.15, 0.2) is 0 Å². The zero-order valence-electron chi connectivity index (χ0n) is 11.6. The number of carbonyl (C=O) groups is 1. The van der Waals surface area contributed by atoms with Gasteiger partial charge in [-0.3, -0.25) is 4.79 Å². The van der Waals surface area contributed by atoms with E-state index in [4.69, 9.17) is 0 Å². The Morgan fingerprint density at radius 2 is 2.20 bits per heavy atom. The smallest absolute Gasteiger partial charge is 0.223 e. The number of anilines is 1. The molecule has 1 amide bonds. The Morgan fingerprint density at radius 3 is 2.95 bits per heavy atom. The van der Waals surface area contributed by atoms with Crippen LogP contribution in [0, 0.1) is 5.82 Å². The molecular weight excluding hydrogens is 259 g/mol. The molecule has 0 aliphatic carbocycles. The molecule has 0 radical (unpaired) electrons. The maximum Gasteiger partial charge on any atom is 0.223 e. The number of nitrogens with zero attached hydrogens (tertiary/aromatic N) is 2. The molecular formula is C15H19FN2O2. The average molecular weight is 278 g/mol. The minimum Gasteiger partial charge on any atom is -0.389 e. The van der Waals surface area contributed by atoms with Crippen LogP contribution in [-0.4, -0.2) is 41.6 Å². The van der Waals surface area contributed by atoms with Gasteiger partial charge in [-0.15, -0.1) is 0 Å². The lowest BCUT2D eigenvalue weighted by atomic mass is 10.0. The molecule has 0 bridgehead atoms. The van der Waals surface area contributed by atoms with E-state index < -0.39 is 6.10 Å². The van der Waals surface area contributed by atoms with Crippen molar-refractivity contribution in [2.75, 3.05) is 24.5 Å². The van der Waals surface area contributed by atoms with Crippen LogP contribution in [0.15, 0.2) is 18.2 Å². The molecule has 1 aromatic carbocycles. The van der Waals surface area contributed by atoms with E-state index in [1.54, 1.807) is 13.0 Å². The Hall–Kier alpha value is -1.62. The van der Waals surface area contributed by atoms with E-state index in [-0.39, 0.29) is 17.8 Å². The summed E-state index contributed by atoms with van der Waals surface area (Å²) in [5.41, 5.74) is 1.10. The standard InChI is InChI=1S/C15H19FN2O2/c1-10(19)15-12(16)3-2-4-13(15)17-7-8-18-11(9-17)5-6-14(18)20/h2-4,10-11,19H,5-9H2,1H3. The molecule has 0 aromatic heterocycles. The van der Waals surface area contributed by atoms with Crippen molar-refractivity contribution in [1.82, 2.24) is 4.90 Å². The van der Waals surface area contributed by atoms with E-state index in [1.807, 2.05) is 11.0 Å². The first-order valence-electron chi connectivity index (χ1n) is 7.09. The summed E-state index contributed by atoms with van der Waals surface area (Å²) in [6.45, 7) is 3.66. The van der Waals surface area contributed by atoms with Crippen molar-refractivity contribution >= 4 is 11.6 Å². The van der Waals surface area contributed by atoms with Gasteiger partial charge in [0.25, 0.3) is 0 Å². The van der Waals surface area contributed by atoms with Gasteiger partial charge < -0.3 is 14.9 Å². The topological polar surface area (TPSA) is 43.8 Å². The zero-order valence-corrected chi connectivity index (χ0v) is 11.6. The van der Waals surface area contributed by atoms with Crippen LogP contribution in [0.25, 0.3) is 0 Å². The minimum absolute atomic E-state index is 0.223. The highest BCUT2D eigenvalue weighted by atomic mass is 19.1. The van der Waals surface area contributed by atoms with Crippen LogP contribution >= 0.6 is 0 Å². The Balaban J connectivity index is 1.88. The summed E-state index contributed by atoms with van der Waals surface area (Å²) in [6.07, 6.45) is 0.647. The summed E-state index contributed by atoms with van der Waals surface area (Å²) in [4.78, 5) is 15.7. The van der Waals surface area contributed by atoms with Crippen LogP contribution < -0.4 is 4.90 Å². The molecule has 1 aromatic rings.